The number of nitrogens with zero attached hydrogens (tertiary/aromatic N) is 2. The molecule has 0 bridgehead atoms. The maximum Gasteiger partial charge on any atom is 0.0971 e. The fourth-order valence-corrected chi connectivity index (χ4v) is 3.50. The lowest BCUT2D eigenvalue weighted by Gasteiger charge is -2.34. The van der Waals surface area contributed by atoms with Gasteiger partial charge in [0.15, 0.2) is 0 Å². The van der Waals surface area contributed by atoms with Crippen LogP contribution in [0.2, 0.25) is 0 Å². The second-order valence-corrected chi connectivity index (χ2v) is 6.28. The van der Waals surface area contributed by atoms with Gasteiger partial charge in [-0.3, -0.25) is 0 Å². The Morgan fingerprint density at radius 3 is 3.12 bits per heavy atom. The molecule has 0 aliphatic carbocycles. The summed E-state index contributed by atoms with van der Waals surface area (Å²) in [6.45, 7) is 7.71. The normalized spacial score (nSPS) is 22.2. The number of piperidine rings is 1. The first kappa shape index (κ1) is 13.0. The molecule has 0 saturated carbocycles. The highest BCUT2D eigenvalue weighted by atomic mass is 32.1. The Kier molecular flexibility index (Phi) is 4.54. The third-order valence-electron chi connectivity index (χ3n) is 3.49. The van der Waals surface area contributed by atoms with Crippen LogP contribution in [0.3, 0.4) is 0 Å². The zero-order chi connectivity index (χ0) is 12.3. The summed E-state index contributed by atoms with van der Waals surface area (Å²) in [7, 11) is 0. The van der Waals surface area contributed by atoms with Crippen molar-refractivity contribution in [3.63, 3.8) is 0 Å². The van der Waals surface area contributed by atoms with E-state index in [1.54, 1.807) is 0 Å². The summed E-state index contributed by atoms with van der Waals surface area (Å²) in [4.78, 5) is 8.49. The van der Waals surface area contributed by atoms with Gasteiger partial charge in [0.25, 0.3) is 0 Å². The third-order valence-corrected chi connectivity index (χ3v) is 4.71. The molecule has 0 amide bonds. The molecule has 4 heteroatoms. The number of nitrogens with two attached hydrogens (primary N) is 1. The van der Waals surface area contributed by atoms with Gasteiger partial charge in [-0.05, 0) is 46.2 Å². The van der Waals surface area contributed by atoms with Crippen molar-refractivity contribution in [3.8, 4) is 0 Å². The van der Waals surface area contributed by atoms with E-state index in [0.717, 1.165) is 13.0 Å². The van der Waals surface area contributed by atoms with Crippen LogP contribution in [0.15, 0.2) is 6.20 Å². The molecule has 1 fully saturated rings. The second-order valence-electron chi connectivity index (χ2n) is 5.13. The lowest BCUT2D eigenvalue weighted by Crippen LogP contribution is -2.39. The summed E-state index contributed by atoms with van der Waals surface area (Å²) in [5, 5.41) is 1.32. The molecule has 1 aromatic heterocycles. The maximum absolute atomic E-state index is 5.58. The Balaban J connectivity index is 2.00. The van der Waals surface area contributed by atoms with Crippen molar-refractivity contribution in [3.05, 3.63) is 16.1 Å². The Morgan fingerprint density at radius 2 is 2.41 bits per heavy atom. The number of aromatic nitrogens is 1. The first-order valence-electron chi connectivity index (χ1n) is 6.59. The highest BCUT2D eigenvalue weighted by molar-refractivity contribution is 7.11. The van der Waals surface area contributed by atoms with Crippen LogP contribution >= 0.6 is 11.3 Å². The number of likely N-dealkylation sites (tertiary alicyclic amines) is 1. The van der Waals surface area contributed by atoms with E-state index in [0.29, 0.717) is 12.0 Å². The average molecular weight is 253 g/mol. The molecule has 1 aliphatic rings. The van der Waals surface area contributed by atoms with Crippen LogP contribution in [0.25, 0.3) is 0 Å². The molecule has 1 saturated heterocycles. The van der Waals surface area contributed by atoms with Gasteiger partial charge in [0.1, 0.15) is 0 Å². The van der Waals surface area contributed by atoms with Crippen LogP contribution in [0.4, 0.5) is 0 Å². The van der Waals surface area contributed by atoms with Gasteiger partial charge in [-0.25, -0.2) is 4.98 Å². The minimum atomic E-state index is 0.641. The van der Waals surface area contributed by atoms with Crippen LogP contribution < -0.4 is 5.73 Å². The van der Waals surface area contributed by atoms with E-state index in [-0.39, 0.29) is 0 Å². The predicted molar refractivity (Wildman–Crippen MR) is 73.6 cm³/mol. The van der Waals surface area contributed by atoms with Crippen LogP contribution in [0.5, 0.6) is 0 Å². The smallest absolute Gasteiger partial charge is 0.0971 e. The molecule has 0 spiro atoms. The van der Waals surface area contributed by atoms with Crippen LogP contribution in [0, 0.1) is 0 Å². The molecule has 96 valence electrons. The highest BCUT2D eigenvalue weighted by Gasteiger charge is 2.24. The van der Waals surface area contributed by atoms with Crippen molar-refractivity contribution >= 4 is 11.3 Å². The summed E-state index contributed by atoms with van der Waals surface area (Å²) in [6, 6.07) is 0.654. The molecule has 0 aromatic carbocycles. The first-order chi connectivity index (χ1) is 8.20. The van der Waals surface area contributed by atoms with Gasteiger partial charge >= 0.3 is 0 Å². The fraction of sp³-hybridized carbons (Fsp3) is 0.769. The fourth-order valence-electron chi connectivity index (χ4n) is 2.45. The van der Waals surface area contributed by atoms with Crippen molar-refractivity contribution in [2.75, 3.05) is 19.6 Å². The van der Waals surface area contributed by atoms with E-state index in [1.165, 1.54) is 35.8 Å². The lowest BCUT2D eigenvalue weighted by molar-refractivity contribution is 0.167. The van der Waals surface area contributed by atoms with E-state index >= 15 is 0 Å². The van der Waals surface area contributed by atoms with Crippen molar-refractivity contribution < 1.29 is 0 Å². The van der Waals surface area contributed by atoms with Gasteiger partial charge in [-0.2, -0.15) is 0 Å². The zero-order valence-electron chi connectivity index (χ0n) is 10.9. The SMILES string of the molecule is CC(C)N1CCCC(c2ncc(CCN)s2)C1. The summed E-state index contributed by atoms with van der Waals surface area (Å²) in [5.41, 5.74) is 5.58. The maximum atomic E-state index is 5.58. The molecule has 17 heavy (non-hydrogen) atoms. The Hall–Kier alpha value is -0.450. The van der Waals surface area contributed by atoms with Crippen molar-refractivity contribution in [1.29, 1.82) is 0 Å². The molecule has 2 N–H and O–H groups in total. The van der Waals surface area contributed by atoms with Gasteiger partial charge in [-0.15, -0.1) is 11.3 Å². The summed E-state index contributed by atoms with van der Waals surface area (Å²) in [6.07, 6.45) is 5.58. The van der Waals surface area contributed by atoms with Gasteiger partial charge < -0.3 is 10.6 Å². The van der Waals surface area contributed by atoms with E-state index in [9.17, 15) is 0 Å². The number of rotatable bonds is 4. The monoisotopic (exact) mass is 253 g/mol. The van der Waals surface area contributed by atoms with Gasteiger partial charge in [-0.1, -0.05) is 0 Å². The topological polar surface area (TPSA) is 42.2 Å². The van der Waals surface area contributed by atoms with Gasteiger partial charge in [0, 0.05) is 29.6 Å². The third kappa shape index (κ3) is 3.27. The quantitative estimate of drug-likeness (QED) is 0.895. The zero-order valence-corrected chi connectivity index (χ0v) is 11.7. The Labute approximate surface area is 108 Å². The van der Waals surface area contributed by atoms with E-state index in [1.807, 2.05) is 17.5 Å². The molecule has 1 atom stereocenters. The predicted octanol–water partition coefficient (Wildman–Crippen LogP) is 2.23. The number of hydrogen-bond donors (Lipinski definition) is 1. The largest absolute Gasteiger partial charge is 0.330 e. The molecule has 2 rings (SSSR count). The van der Waals surface area contributed by atoms with Gasteiger partial charge in [0.05, 0.1) is 5.01 Å². The molecule has 1 aromatic rings. The van der Waals surface area contributed by atoms with Crippen LogP contribution in [-0.2, 0) is 6.42 Å². The molecule has 1 unspecified atom stereocenters. The van der Waals surface area contributed by atoms with Crippen molar-refractivity contribution in [2.24, 2.45) is 5.73 Å². The highest BCUT2D eigenvalue weighted by Crippen LogP contribution is 2.30. The minimum Gasteiger partial charge on any atom is -0.330 e. The second kappa shape index (κ2) is 5.94. The van der Waals surface area contributed by atoms with E-state index < -0.39 is 0 Å². The molecular weight excluding hydrogens is 230 g/mol. The van der Waals surface area contributed by atoms with Crippen molar-refractivity contribution in [1.82, 2.24) is 9.88 Å². The Morgan fingerprint density at radius 1 is 1.59 bits per heavy atom. The first-order valence-corrected chi connectivity index (χ1v) is 7.41. The molecular formula is C13H23N3S. The number of thiazole rings is 1. The molecule has 3 nitrogen and oxygen atoms in total. The molecule has 1 aliphatic heterocycles. The summed E-state index contributed by atoms with van der Waals surface area (Å²) < 4.78 is 0. The summed E-state index contributed by atoms with van der Waals surface area (Å²) in [5.74, 6) is 0.641. The van der Waals surface area contributed by atoms with Crippen LogP contribution in [0.1, 0.15) is 42.5 Å². The Bertz CT molecular complexity index is 348. The van der Waals surface area contributed by atoms with E-state index in [4.69, 9.17) is 5.73 Å². The molecule has 2 heterocycles. The van der Waals surface area contributed by atoms with E-state index in [2.05, 4.69) is 23.7 Å². The summed E-state index contributed by atoms with van der Waals surface area (Å²) >= 11 is 1.86. The van der Waals surface area contributed by atoms with Crippen molar-refractivity contribution in [2.45, 2.75) is 45.1 Å². The average Bonchev–Trinajstić information content (AvgIpc) is 2.78. The minimum absolute atomic E-state index is 0.641. The van der Waals surface area contributed by atoms with Gasteiger partial charge in [0.2, 0.25) is 0 Å². The standard InChI is InChI=1S/C13H23N3S/c1-10(2)16-7-3-4-11(9-16)13-15-8-12(17-13)5-6-14/h8,10-11H,3-7,9,14H2,1-2H3. The number of hydrogen-bond acceptors (Lipinski definition) is 4. The molecule has 0 radical (unpaired) electrons. The van der Waals surface area contributed by atoms with Crippen LogP contribution in [-0.4, -0.2) is 35.6 Å². The lowest BCUT2D eigenvalue weighted by atomic mass is 9.98.